The molecule has 0 aliphatic rings. The van der Waals surface area contributed by atoms with Crippen molar-refractivity contribution in [2.45, 2.75) is 13.5 Å². The number of amides is 1. The van der Waals surface area contributed by atoms with E-state index in [1.54, 1.807) is 12.1 Å². The van der Waals surface area contributed by atoms with Gasteiger partial charge in [-0.2, -0.15) is 0 Å². The van der Waals surface area contributed by atoms with Crippen LogP contribution in [0.5, 0.6) is 0 Å². The van der Waals surface area contributed by atoms with Gasteiger partial charge in [0, 0.05) is 30.3 Å². The number of pyridine rings is 1. The van der Waals surface area contributed by atoms with E-state index in [1.807, 2.05) is 0 Å². The second-order valence-corrected chi connectivity index (χ2v) is 4.79. The molecule has 1 N–H and O–H groups in total. The first-order valence-electron chi connectivity index (χ1n) is 6.62. The largest absolute Gasteiger partial charge is 0.326 e. The van der Waals surface area contributed by atoms with Gasteiger partial charge >= 0.3 is 0 Å². The molecule has 1 amide bonds. The van der Waals surface area contributed by atoms with Crippen LogP contribution in [0.3, 0.4) is 0 Å². The molecular formula is C15H13N3O5. The minimum Gasteiger partial charge on any atom is -0.326 e. The van der Waals surface area contributed by atoms with E-state index in [1.165, 1.54) is 19.1 Å². The van der Waals surface area contributed by atoms with E-state index in [0.717, 1.165) is 22.9 Å². The van der Waals surface area contributed by atoms with Gasteiger partial charge in [0.25, 0.3) is 11.2 Å². The van der Waals surface area contributed by atoms with Crippen LogP contribution in [0.1, 0.15) is 17.3 Å². The summed E-state index contributed by atoms with van der Waals surface area (Å²) in [4.78, 5) is 44.8. The number of carbonyl (C=O) groups excluding carboxylic acids is 2. The highest BCUT2D eigenvalue weighted by atomic mass is 16.6. The lowest BCUT2D eigenvalue weighted by Gasteiger charge is -2.06. The molecule has 0 radical (unpaired) electrons. The molecule has 118 valence electrons. The van der Waals surface area contributed by atoms with Crippen LogP contribution in [0.25, 0.3) is 0 Å². The maximum atomic E-state index is 12.2. The van der Waals surface area contributed by atoms with Crippen molar-refractivity contribution in [3.8, 4) is 0 Å². The fraction of sp³-hybridized carbons (Fsp3) is 0.133. The number of nitrogens with zero attached hydrogens (tertiary/aromatic N) is 2. The summed E-state index contributed by atoms with van der Waals surface area (Å²) >= 11 is 0. The number of anilines is 1. The smallest absolute Gasteiger partial charge is 0.285 e. The van der Waals surface area contributed by atoms with Crippen LogP contribution < -0.4 is 10.9 Å². The highest BCUT2D eigenvalue weighted by Crippen LogP contribution is 2.11. The average Bonchev–Trinajstić information content (AvgIpc) is 2.49. The monoisotopic (exact) mass is 315 g/mol. The van der Waals surface area contributed by atoms with E-state index >= 15 is 0 Å². The number of ketones is 1. The Morgan fingerprint density at radius 2 is 1.83 bits per heavy atom. The van der Waals surface area contributed by atoms with Crippen LogP contribution in [-0.2, 0) is 11.3 Å². The van der Waals surface area contributed by atoms with E-state index in [9.17, 15) is 24.5 Å². The maximum Gasteiger partial charge on any atom is 0.285 e. The number of nitro groups is 1. The Morgan fingerprint density at radius 3 is 2.39 bits per heavy atom. The van der Waals surface area contributed by atoms with Crippen LogP contribution in [0, 0.1) is 10.1 Å². The van der Waals surface area contributed by atoms with Crippen LogP contribution in [0.2, 0.25) is 0 Å². The third kappa shape index (κ3) is 4.10. The zero-order valence-corrected chi connectivity index (χ0v) is 12.2. The molecule has 0 fully saturated rings. The zero-order valence-electron chi connectivity index (χ0n) is 12.2. The third-order valence-electron chi connectivity index (χ3n) is 3.02. The summed E-state index contributed by atoms with van der Waals surface area (Å²) in [7, 11) is 0. The molecule has 8 nitrogen and oxygen atoms in total. The van der Waals surface area contributed by atoms with E-state index in [2.05, 4.69) is 5.32 Å². The van der Waals surface area contributed by atoms with Crippen molar-refractivity contribution in [3.05, 3.63) is 68.6 Å². The molecule has 8 heteroatoms. The van der Waals surface area contributed by atoms with E-state index in [0.29, 0.717) is 11.3 Å². The van der Waals surface area contributed by atoms with Gasteiger partial charge in [0.05, 0.1) is 17.7 Å². The van der Waals surface area contributed by atoms with E-state index in [-0.39, 0.29) is 23.9 Å². The van der Waals surface area contributed by atoms with Crippen LogP contribution >= 0.6 is 0 Å². The molecule has 1 aromatic heterocycles. The van der Waals surface area contributed by atoms with E-state index in [4.69, 9.17) is 0 Å². The molecule has 0 bridgehead atoms. The Labute approximate surface area is 130 Å². The van der Waals surface area contributed by atoms with Gasteiger partial charge in [0.2, 0.25) is 5.91 Å². The Balaban J connectivity index is 2.19. The highest BCUT2D eigenvalue weighted by Gasteiger charge is 2.12. The number of rotatable bonds is 5. The number of hydrogen-bond acceptors (Lipinski definition) is 5. The van der Waals surface area contributed by atoms with Crippen molar-refractivity contribution >= 4 is 23.1 Å². The van der Waals surface area contributed by atoms with Crippen molar-refractivity contribution in [2.75, 3.05) is 5.32 Å². The lowest BCUT2D eigenvalue weighted by molar-refractivity contribution is -0.385. The molecule has 0 atom stereocenters. The quantitative estimate of drug-likeness (QED) is 0.511. The summed E-state index contributed by atoms with van der Waals surface area (Å²) in [5.74, 6) is -0.603. The number of carbonyl (C=O) groups is 2. The number of nitrogens with one attached hydrogen (secondary N) is 1. The number of hydrogen-bond donors (Lipinski definition) is 1. The molecule has 0 saturated heterocycles. The predicted octanol–water partition coefficient (Wildman–Crippen LogP) is 1.60. The molecule has 2 aromatic rings. The van der Waals surface area contributed by atoms with Crippen LogP contribution in [0.15, 0.2) is 47.4 Å². The summed E-state index contributed by atoms with van der Waals surface area (Å²) in [6.07, 6.45) is 1.03. The van der Waals surface area contributed by atoms with Gasteiger partial charge in [-0.25, -0.2) is 0 Å². The predicted molar refractivity (Wildman–Crippen MR) is 82.4 cm³/mol. The fourth-order valence-electron chi connectivity index (χ4n) is 1.94. The minimum atomic E-state index is -0.636. The molecule has 0 saturated carbocycles. The molecule has 2 rings (SSSR count). The second kappa shape index (κ2) is 6.65. The van der Waals surface area contributed by atoms with Gasteiger partial charge in [0.1, 0.15) is 0 Å². The molecule has 23 heavy (non-hydrogen) atoms. The van der Waals surface area contributed by atoms with Crippen LogP contribution in [0.4, 0.5) is 11.4 Å². The number of Topliss-reactive ketones (excluding diaryl/α,β-unsaturated/α-hetero) is 1. The first-order valence-corrected chi connectivity index (χ1v) is 6.62. The molecular weight excluding hydrogens is 302 g/mol. The Kier molecular flexibility index (Phi) is 4.65. The van der Waals surface area contributed by atoms with Gasteiger partial charge in [-0.3, -0.25) is 24.5 Å². The number of aromatic nitrogens is 1. The summed E-state index contributed by atoms with van der Waals surface area (Å²) < 4.78 is 0.988. The standard InChI is InChI=1S/C15H13N3O5/c1-10(19)16-12-4-2-11(3-5-12)14(20)9-17-8-13(18(22)23)6-7-15(17)21/h2-8H,9H2,1H3,(H,16,19). The fourth-order valence-corrected chi connectivity index (χ4v) is 1.94. The van der Waals surface area contributed by atoms with Crippen molar-refractivity contribution in [1.82, 2.24) is 4.57 Å². The van der Waals surface area contributed by atoms with Crippen molar-refractivity contribution in [2.24, 2.45) is 0 Å². The van der Waals surface area contributed by atoms with Crippen LogP contribution in [-0.4, -0.2) is 21.2 Å². The molecule has 0 unspecified atom stereocenters. The zero-order chi connectivity index (χ0) is 17.0. The molecule has 0 spiro atoms. The Morgan fingerprint density at radius 1 is 1.17 bits per heavy atom. The molecule has 1 aromatic carbocycles. The van der Waals surface area contributed by atoms with Gasteiger partial charge < -0.3 is 9.88 Å². The Hall–Kier alpha value is -3.29. The minimum absolute atomic E-state index is 0.229. The normalized spacial score (nSPS) is 10.1. The number of benzene rings is 1. The lowest BCUT2D eigenvalue weighted by Crippen LogP contribution is -2.23. The molecule has 0 aliphatic carbocycles. The van der Waals surface area contributed by atoms with Gasteiger partial charge in [-0.1, -0.05) is 0 Å². The lowest BCUT2D eigenvalue weighted by atomic mass is 10.1. The van der Waals surface area contributed by atoms with Gasteiger partial charge in [0.15, 0.2) is 5.78 Å². The average molecular weight is 315 g/mol. The SMILES string of the molecule is CC(=O)Nc1ccc(C(=O)Cn2cc([N+](=O)[O-])ccc2=O)cc1. The Bertz CT molecular complexity index is 824. The summed E-state index contributed by atoms with van der Waals surface area (Å²) in [6.45, 7) is 1.06. The molecule has 0 aliphatic heterocycles. The first-order chi connectivity index (χ1) is 10.9. The first kappa shape index (κ1) is 16.1. The molecule has 1 heterocycles. The van der Waals surface area contributed by atoms with Gasteiger partial charge in [-0.05, 0) is 24.3 Å². The summed E-state index contributed by atoms with van der Waals surface area (Å²) in [5.41, 5.74) is 0.108. The van der Waals surface area contributed by atoms with Crippen molar-refractivity contribution in [1.29, 1.82) is 0 Å². The maximum absolute atomic E-state index is 12.2. The van der Waals surface area contributed by atoms with Gasteiger partial charge in [-0.15, -0.1) is 0 Å². The summed E-state index contributed by atoms with van der Waals surface area (Å²) in [5, 5.41) is 13.3. The summed E-state index contributed by atoms with van der Waals surface area (Å²) in [6, 6.07) is 8.28. The third-order valence-corrected chi connectivity index (χ3v) is 3.02. The van der Waals surface area contributed by atoms with Crippen molar-refractivity contribution in [3.63, 3.8) is 0 Å². The highest BCUT2D eigenvalue weighted by molar-refractivity contribution is 5.96. The van der Waals surface area contributed by atoms with E-state index < -0.39 is 10.5 Å². The topological polar surface area (TPSA) is 111 Å². The second-order valence-electron chi connectivity index (χ2n) is 4.79. The van der Waals surface area contributed by atoms with Crippen molar-refractivity contribution < 1.29 is 14.5 Å².